The summed E-state index contributed by atoms with van der Waals surface area (Å²) >= 11 is 9.27. The van der Waals surface area contributed by atoms with Crippen molar-refractivity contribution in [3.63, 3.8) is 0 Å². The molecular weight excluding hydrogens is 318 g/mol. The Hall–Kier alpha value is -0.580. The van der Waals surface area contributed by atoms with Crippen molar-refractivity contribution in [1.82, 2.24) is 0 Å². The Morgan fingerprint density at radius 1 is 1.50 bits per heavy atom. The maximum atomic E-state index is 11.9. The summed E-state index contributed by atoms with van der Waals surface area (Å²) in [5.74, 6) is -0.0372. The molecule has 1 atom stereocenters. The van der Waals surface area contributed by atoms with Crippen molar-refractivity contribution in [1.29, 1.82) is 0 Å². The average molecular weight is 333 g/mol. The summed E-state index contributed by atoms with van der Waals surface area (Å²) in [6, 6.07) is 5.31. The van der Waals surface area contributed by atoms with Crippen LogP contribution in [0.25, 0.3) is 0 Å². The predicted molar refractivity (Wildman–Crippen MR) is 76.0 cm³/mol. The molecule has 0 saturated carbocycles. The van der Waals surface area contributed by atoms with Gasteiger partial charge in [0, 0.05) is 16.1 Å². The van der Waals surface area contributed by atoms with Crippen molar-refractivity contribution in [3.8, 4) is 0 Å². The molecule has 1 saturated heterocycles. The number of amides is 1. The van der Waals surface area contributed by atoms with Crippen molar-refractivity contribution in [2.24, 2.45) is 0 Å². The summed E-state index contributed by atoms with van der Waals surface area (Å²) in [5.41, 5.74) is 0.698. The van der Waals surface area contributed by atoms with E-state index < -0.39 is 0 Å². The van der Waals surface area contributed by atoms with E-state index in [1.165, 1.54) is 0 Å². The molecule has 2 rings (SSSR count). The van der Waals surface area contributed by atoms with Crippen molar-refractivity contribution in [2.75, 3.05) is 11.9 Å². The Morgan fingerprint density at radius 3 is 3.06 bits per heavy atom. The molecule has 0 aliphatic carbocycles. The number of nitrogens with one attached hydrogen (secondary N) is 1. The number of rotatable bonds is 3. The minimum Gasteiger partial charge on any atom is -0.378 e. The number of benzene rings is 1. The third-order valence-corrected chi connectivity index (χ3v) is 3.82. The van der Waals surface area contributed by atoms with Gasteiger partial charge in [0.1, 0.15) is 0 Å². The summed E-state index contributed by atoms with van der Waals surface area (Å²) < 4.78 is 6.37. The van der Waals surface area contributed by atoms with Gasteiger partial charge in [-0.1, -0.05) is 11.6 Å². The van der Waals surface area contributed by atoms with Crippen LogP contribution in [0.1, 0.15) is 25.7 Å². The predicted octanol–water partition coefficient (Wildman–Crippen LogP) is 4.00. The summed E-state index contributed by atoms with van der Waals surface area (Å²) in [6.07, 6.45) is 3.65. The van der Waals surface area contributed by atoms with Gasteiger partial charge in [-0.3, -0.25) is 4.79 Å². The first-order valence-electron chi connectivity index (χ1n) is 6.01. The van der Waals surface area contributed by atoms with E-state index in [0.29, 0.717) is 17.1 Å². The van der Waals surface area contributed by atoms with Gasteiger partial charge >= 0.3 is 0 Å². The van der Waals surface area contributed by atoms with Gasteiger partial charge in [-0.2, -0.15) is 0 Å². The largest absolute Gasteiger partial charge is 0.378 e. The number of ether oxygens (including phenoxy) is 1. The highest BCUT2D eigenvalue weighted by atomic mass is 79.9. The Kier molecular flexibility index (Phi) is 5.03. The van der Waals surface area contributed by atoms with Gasteiger partial charge in [0.15, 0.2) is 0 Å². The molecular formula is C13H15BrClNO2. The lowest BCUT2D eigenvalue weighted by Gasteiger charge is -2.22. The zero-order valence-corrected chi connectivity index (χ0v) is 12.3. The third kappa shape index (κ3) is 3.97. The fourth-order valence-electron chi connectivity index (χ4n) is 1.97. The molecule has 1 amide bonds. The van der Waals surface area contributed by atoms with Crippen LogP contribution in [-0.2, 0) is 9.53 Å². The quantitative estimate of drug-likeness (QED) is 0.908. The first-order valence-corrected chi connectivity index (χ1v) is 7.19. The van der Waals surface area contributed by atoms with Gasteiger partial charge in [0.05, 0.1) is 18.2 Å². The van der Waals surface area contributed by atoms with Crippen LogP contribution < -0.4 is 5.32 Å². The molecule has 1 aromatic carbocycles. The van der Waals surface area contributed by atoms with Crippen LogP contribution in [0, 0.1) is 0 Å². The van der Waals surface area contributed by atoms with Crippen LogP contribution in [0.4, 0.5) is 5.69 Å². The maximum absolute atomic E-state index is 11.9. The minimum atomic E-state index is -0.0372. The molecule has 0 radical (unpaired) electrons. The van der Waals surface area contributed by atoms with E-state index >= 15 is 0 Å². The lowest BCUT2D eigenvalue weighted by Crippen LogP contribution is -2.25. The molecule has 3 nitrogen and oxygen atoms in total. The number of carbonyl (C=O) groups excluding carboxylic acids is 1. The average Bonchev–Trinajstić information content (AvgIpc) is 2.35. The zero-order valence-electron chi connectivity index (χ0n) is 9.92. The molecule has 1 aliphatic heterocycles. The van der Waals surface area contributed by atoms with E-state index in [1.54, 1.807) is 12.1 Å². The second-order valence-electron chi connectivity index (χ2n) is 4.37. The molecule has 18 heavy (non-hydrogen) atoms. The molecule has 1 aliphatic rings. The van der Waals surface area contributed by atoms with E-state index in [-0.39, 0.29) is 12.0 Å². The van der Waals surface area contributed by atoms with Crippen LogP contribution in [0.5, 0.6) is 0 Å². The van der Waals surface area contributed by atoms with Gasteiger partial charge in [-0.05, 0) is 53.4 Å². The van der Waals surface area contributed by atoms with Gasteiger partial charge in [0.2, 0.25) is 5.91 Å². The molecule has 0 spiro atoms. The van der Waals surface area contributed by atoms with Gasteiger partial charge in [-0.15, -0.1) is 0 Å². The van der Waals surface area contributed by atoms with Gasteiger partial charge in [0.25, 0.3) is 0 Å². The maximum Gasteiger partial charge on any atom is 0.227 e. The van der Waals surface area contributed by atoms with E-state index in [0.717, 1.165) is 30.3 Å². The molecule has 1 fully saturated rings. The summed E-state index contributed by atoms with van der Waals surface area (Å²) in [5, 5.41) is 3.45. The van der Waals surface area contributed by atoms with Crippen molar-refractivity contribution < 1.29 is 9.53 Å². The Morgan fingerprint density at radius 2 is 2.33 bits per heavy atom. The fraction of sp³-hybridized carbons (Fsp3) is 0.462. The number of halogens is 2. The van der Waals surface area contributed by atoms with E-state index in [2.05, 4.69) is 21.2 Å². The second-order valence-corrected chi connectivity index (χ2v) is 5.66. The van der Waals surface area contributed by atoms with Crippen molar-refractivity contribution in [2.45, 2.75) is 31.8 Å². The molecule has 1 unspecified atom stereocenters. The van der Waals surface area contributed by atoms with Crippen molar-refractivity contribution >= 4 is 39.1 Å². The fourth-order valence-corrected chi connectivity index (χ4v) is 2.49. The smallest absolute Gasteiger partial charge is 0.227 e. The van der Waals surface area contributed by atoms with Crippen LogP contribution in [0.15, 0.2) is 22.7 Å². The van der Waals surface area contributed by atoms with Crippen molar-refractivity contribution in [3.05, 3.63) is 27.7 Å². The van der Waals surface area contributed by atoms with Gasteiger partial charge < -0.3 is 10.1 Å². The van der Waals surface area contributed by atoms with Crippen LogP contribution in [-0.4, -0.2) is 18.6 Å². The summed E-state index contributed by atoms with van der Waals surface area (Å²) in [7, 11) is 0. The molecule has 0 bridgehead atoms. The Labute approximate surface area is 120 Å². The van der Waals surface area contributed by atoms with Crippen LogP contribution >= 0.6 is 27.5 Å². The first-order chi connectivity index (χ1) is 8.65. The molecule has 0 aromatic heterocycles. The summed E-state index contributed by atoms with van der Waals surface area (Å²) in [4.78, 5) is 11.9. The monoisotopic (exact) mass is 331 g/mol. The third-order valence-electron chi connectivity index (χ3n) is 2.89. The first kappa shape index (κ1) is 13.8. The van der Waals surface area contributed by atoms with E-state index in [1.807, 2.05) is 6.07 Å². The topological polar surface area (TPSA) is 38.3 Å². The normalized spacial score (nSPS) is 19.6. The van der Waals surface area contributed by atoms with E-state index in [9.17, 15) is 4.79 Å². The zero-order chi connectivity index (χ0) is 13.0. The second kappa shape index (κ2) is 6.55. The molecule has 98 valence electrons. The highest BCUT2D eigenvalue weighted by Crippen LogP contribution is 2.26. The van der Waals surface area contributed by atoms with Crippen LogP contribution in [0.2, 0.25) is 5.02 Å². The minimum absolute atomic E-state index is 0.0372. The highest BCUT2D eigenvalue weighted by Gasteiger charge is 2.18. The number of carbonyl (C=O) groups is 1. The molecule has 5 heteroatoms. The number of hydrogen-bond acceptors (Lipinski definition) is 2. The van der Waals surface area contributed by atoms with E-state index in [4.69, 9.17) is 16.3 Å². The van der Waals surface area contributed by atoms with Gasteiger partial charge in [-0.25, -0.2) is 0 Å². The number of anilines is 1. The SMILES string of the molecule is O=C(CC1CCCCO1)Nc1cc(Cl)ccc1Br. The molecule has 1 aromatic rings. The number of hydrogen-bond donors (Lipinski definition) is 1. The summed E-state index contributed by atoms with van der Waals surface area (Å²) in [6.45, 7) is 0.763. The highest BCUT2D eigenvalue weighted by molar-refractivity contribution is 9.10. The lowest BCUT2D eigenvalue weighted by atomic mass is 10.1. The Balaban J connectivity index is 1.92. The van der Waals surface area contributed by atoms with Crippen LogP contribution in [0.3, 0.4) is 0 Å². The molecule has 1 N–H and O–H groups in total. The standard InChI is InChI=1S/C13H15BrClNO2/c14-11-5-4-9(15)7-12(11)16-13(17)8-10-3-1-2-6-18-10/h4-5,7,10H,1-3,6,8H2,(H,16,17). The molecule has 1 heterocycles. The Bertz CT molecular complexity index is 433. The lowest BCUT2D eigenvalue weighted by molar-refractivity contribution is -0.119.